The molecular formula is C13H19BrN2. The average molecular weight is 283 g/mol. The molecule has 16 heavy (non-hydrogen) atoms. The van der Waals surface area contributed by atoms with Crippen LogP contribution in [0, 0.1) is 12.8 Å². The van der Waals surface area contributed by atoms with Gasteiger partial charge in [-0.15, -0.1) is 0 Å². The van der Waals surface area contributed by atoms with Crippen molar-refractivity contribution in [1.29, 1.82) is 0 Å². The van der Waals surface area contributed by atoms with Gasteiger partial charge < -0.3 is 10.6 Å². The van der Waals surface area contributed by atoms with Crippen molar-refractivity contribution < 1.29 is 0 Å². The van der Waals surface area contributed by atoms with Crippen LogP contribution in [0.15, 0.2) is 16.6 Å². The highest BCUT2D eigenvalue weighted by Crippen LogP contribution is 2.35. The Bertz CT molecular complexity index is 384. The van der Waals surface area contributed by atoms with E-state index in [4.69, 9.17) is 5.73 Å². The number of nitrogens with zero attached hydrogens (tertiary/aromatic N) is 1. The van der Waals surface area contributed by atoms with Crippen LogP contribution in [0.3, 0.4) is 0 Å². The Kier molecular flexibility index (Phi) is 3.43. The summed E-state index contributed by atoms with van der Waals surface area (Å²) in [5.74, 6) is 0.874. The van der Waals surface area contributed by atoms with Crippen LogP contribution in [0.5, 0.6) is 0 Å². The van der Waals surface area contributed by atoms with Crippen molar-refractivity contribution in [3.8, 4) is 0 Å². The summed E-state index contributed by atoms with van der Waals surface area (Å²) in [6.07, 6.45) is 2.63. The predicted molar refractivity (Wildman–Crippen MR) is 73.9 cm³/mol. The van der Waals surface area contributed by atoms with E-state index in [-0.39, 0.29) is 0 Å². The van der Waals surface area contributed by atoms with Gasteiger partial charge in [0.2, 0.25) is 0 Å². The fourth-order valence-electron chi connectivity index (χ4n) is 2.28. The highest BCUT2D eigenvalue weighted by Gasteiger charge is 2.27. The number of hydrogen-bond acceptors (Lipinski definition) is 2. The van der Waals surface area contributed by atoms with Gasteiger partial charge in [-0.1, -0.05) is 13.3 Å². The molecule has 0 unspecified atom stereocenters. The summed E-state index contributed by atoms with van der Waals surface area (Å²) in [4.78, 5) is 2.40. The lowest BCUT2D eigenvalue weighted by molar-refractivity contribution is 0.380. The molecular weight excluding hydrogens is 264 g/mol. The number of rotatable bonds is 3. The van der Waals surface area contributed by atoms with Crippen molar-refractivity contribution in [3.05, 3.63) is 22.2 Å². The number of benzene rings is 1. The second kappa shape index (κ2) is 4.66. The standard InChI is InChI=1S/C13H19BrN2/c1-3-4-10-7-16(8-10)13-6-12(15)9(2)5-11(13)14/h5-6,10H,3-4,7-8,15H2,1-2H3. The molecule has 1 heterocycles. The molecule has 1 aromatic rings. The van der Waals surface area contributed by atoms with Gasteiger partial charge in [0.25, 0.3) is 0 Å². The van der Waals surface area contributed by atoms with E-state index in [1.165, 1.54) is 31.6 Å². The van der Waals surface area contributed by atoms with Gasteiger partial charge in [-0.05, 0) is 52.9 Å². The number of nitrogen functional groups attached to an aromatic ring is 1. The molecule has 0 radical (unpaired) electrons. The van der Waals surface area contributed by atoms with Gasteiger partial charge in [0, 0.05) is 23.2 Å². The molecule has 0 aliphatic carbocycles. The minimum absolute atomic E-state index is 0.874. The summed E-state index contributed by atoms with van der Waals surface area (Å²) in [7, 11) is 0. The van der Waals surface area contributed by atoms with Crippen molar-refractivity contribution in [3.63, 3.8) is 0 Å². The molecule has 1 fully saturated rings. The molecule has 0 atom stereocenters. The Balaban J connectivity index is 2.09. The van der Waals surface area contributed by atoms with Gasteiger partial charge in [0.1, 0.15) is 0 Å². The van der Waals surface area contributed by atoms with E-state index in [0.29, 0.717) is 0 Å². The van der Waals surface area contributed by atoms with Crippen molar-refractivity contribution in [2.24, 2.45) is 5.92 Å². The molecule has 0 amide bonds. The first-order valence-corrected chi connectivity index (χ1v) is 6.71. The SMILES string of the molecule is CCCC1CN(c2cc(N)c(C)cc2Br)C1. The van der Waals surface area contributed by atoms with Crippen LogP contribution in [-0.2, 0) is 0 Å². The minimum Gasteiger partial charge on any atom is -0.398 e. The van der Waals surface area contributed by atoms with Crippen molar-refractivity contribution in [2.45, 2.75) is 26.7 Å². The molecule has 0 aromatic heterocycles. The van der Waals surface area contributed by atoms with Gasteiger partial charge in [0.05, 0.1) is 5.69 Å². The lowest BCUT2D eigenvalue weighted by Gasteiger charge is -2.41. The summed E-state index contributed by atoms with van der Waals surface area (Å²) in [6, 6.07) is 4.19. The topological polar surface area (TPSA) is 29.3 Å². The van der Waals surface area contributed by atoms with Gasteiger partial charge in [0.15, 0.2) is 0 Å². The third kappa shape index (κ3) is 2.19. The quantitative estimate of drug-likeness (QED) is 0.859. The van der Waals surface area contributed by atoms with E-state index in [1.807, 2.05) is 6.92 Å². The molecule has 3 heteroatoms. The predicted octanol–water partition coefficient (Wildman–Crippen LogP) is 3.58. The van der Waals surface area contributed by atoms with Gasteiger partial charge in [-0.25, -0.2) is 0 Å². The van der Waals surface area contributed by atoms with E-state index in [1.54, 1.807) is 0 Å². The largest absolute Gasteiger partial charge is 0.398 e. The van der Waals surface area contributed by atoms with Gasteiger partial charge in [-0.3, -0.25) is 0 Å². The Labute approximate surface area is 106 Å². The zero-order chi connectivity index (χ0) is 11.7. The van der Waals surface area contributed by atoms with E-state index >= 15 is 0 Å². The summed E-state index contributed by atoms with van der Waals surface area (Å²) in [5.41, 5.74) is 9.22. The van der Waals surface area contributed by atoms with Crippen molar-refractivity contribution >= 4 is 27.3 Å². The zero-order valence-electron chi connectivity index (χ0n) is 9.96. The smallest absolute Gasteiger partial charge is 0.0531 e. The van der Waals surface area contributed by atoms with E-state index in [2.05, 4.69) is 39.9 Å². The monoisotopic (exact) mass is 282 g/mol. The lowest BCUT2D eigenvalue weighted by atomic mass is 9.94. The number of hydrogen-bond donors (Lipinski definition) is 1. The van der Waals surface area contributed by atoms with Gasteiger partial charge >= 0.3 is 0 Å². The van der Waals surface area contributed by atoms with Crippen LogP contribution in [0.2, 0.25) is 0 Å². The maximum Gasteiger partial charge on any atom is 0.0531 e. The molecule has 1 aliphatic heterocycles. The molecule has 2 rings (SSSR count). The fraction of sp³-hybridized carbons (Fsp3) is 0.538. The summed E-state index contributed by atoms with van der Waals surface area (Å²) in [6.45, 7) is 6.65. The van der Waals surface area contributed by atoms with E-state index < -0.39 is 0 Å². The maximum atomic E-state index is 5.95. The highest BCUT2D eigenvalue weighted by molar-refractivity contribution is 9.10. The Hall–Kier alpha value is -0.700. The van der Waals surface area contributed by atoms with Gasteiger partial charge in [-0.2, -0.15) is 0 Å². The Morgan fingerprint density at radius 1 is 1.44 bits per heavy atom. The normalized spacial score (nSPS) is 16.3. The summed E-state index contributed by atoms with van der Waals surface area (Å²) < 4.78 is 1.16. The molecule has 1 aliphatic rings. The molecule has 0 saturated carbocycles. The molecule has 2 N–H and O–H groups in total. The van der Waals surface area contributed by atoms with Crippen molar-refractivity contribution in [1.82, 2.24) is 0 Å². The Morgan fingerprint density at radius 3 is 2.75 bits per heavy atom. The van der Waals surface area contributed by atoms with Crippen LogP contribution < -0.4 is 10.6 Å². The molecule has 0 bridgehead atoms. The van der Waals surface area contributed by atoms with Crippen LogP contribution in [0.25, 0.3) is 0 Å². The van der Waals surface area contributed by atoms with E-state index in [9.17, 15) is 0 Å². The summed E-state index contributed by atoms with van der Waals surface area (Å²) in [5, 5.41) is 0. The Morgan fingerprint density at radius 2 is 2.12 bits per heavy atom. The second-order valence-corrected chi connectivity index (χ2v) is 5.57. The van der Waals surface area contributed by atoms with Crippen LogP contribution in [-0.4, -0.2) is 13.1 Å². The third-order valence-corrected chi connectivity index (χ3v) is 3.97. The van der Waals surface area contributed by atoms with E-state index in [0.717, 1.165) is 21.6 Å². The molecule has 0 spiro atoms. The molecule has 2 nitrogen and oxygen atoms in total. The second-order valence-electron chi connectivity index (χ2n) is 4.72. The number of anilines is 2. The molecule has 1 saturated heterocycles. The zero-order valence-corrected chi connectivity index (χ0v) is 11.5. The maximum absolute atomic E-state index is 5.95. The number of aryl methyl sites for hydroxylation is 1. The summed E-state index contributed by atoms with van der Waals surface area (Å²) >= 11 is 3.62. The first kappa shape index (κ1) is 11.8. The minimum atomic E-state index is 0.874. The average Bonchev–Trinajstić information content (AvgIpc) is 2.17. The first-order chi connectivity index (χ1) is 7.61. The van der Waals surface area contributed by atoms with Crippen LogP contribution in [0.1, 0.15) is 25.3 Å². The molecule has 1 aromatic carbocycles. The first-order valence-electron chi connectivity index (χ1n) is 5.92. The fourth-order valence-corrected chi connectivity index (χ4v) is 2.99. The number of halogens is 1. The number of nitrogens with two attached hydrogens (primary N) is 1. The molecule has 88 valence electrons. The van der Waals surface area contributed by atoms with Crippen LogP contribution in [0.4, 0.5) is 11.4 Å². The third-order valence-electron chi connectivity index (χ3n) is 3.33. The van der Waals surface area contributed by atoms with Crippen molar-refractivity contribution in [2.75, 3.05) is 23.7 Å². The lowest BCUT2D eigenvalue weighted by Crippen LogP contribution is -2.46. The highest BCUT2D eigenvalue weighted by atomic mass is 79.9. The van der Waals surface area contributed by atoms with Crippen LogP contribution >= 0.6 is 15.9 Å².